The van der Waals surface area contributed by atoms with Crippen LogP contribution in [0.25, 0.3) is 0 Å². The van der Waals surface area contributed by atoms with Gasteiger partial charge in [0.1, 0.15) is 11.5 Å². The van der Waals surface area contributed by atoms with E-state index in [9.17, 15) is 4.79 Å². The van der Waals surface area contributed by atoms with E-state index < -0.39 is 0 Å². The summed E-state index contributed by atoms with van der Waals surface area (Å²) in [6, 6.07) is 3.67. The van der Waals surface area contributed by atoms with Gasteiger partial charge in [-0.2, -0.15) is 0 Å². The van der Waals surface area contributed by atoms with Crippen molar-refractivity contribution in [3.05, 3.63) is 23.7 Å². The molecular weight excluding hydrogens is 216 g/mol. The minimum atomic E-state index is -0.220. The molecule has 0 aliphatic heterocycles. The second-order valence-corrected chi connectivity index (χ2v) is 4.35. The van der Waals surface area contributed by atoms with Crippen LogP contribution in [-0.4, -0.2) is 18.5 Å². The van der Waals surface area contributed by atoms with Crippen molar-refractivity contribution in [3.8, 4) is 0 Å². The second kappa shape index (κ2) is 6.45. The Morgan fingerprint density at radius 2 is 2.12 bits per heavy atom. The summed E-state index contributed by atoms with van der Waals surface area (Å²) >= 11 is 0. The third kappa shape index (κ3) is 4.23. The largest absolute Gasteiger partial charge is 0.465 e. The smallest absolute Gasteiger partial charge is 0.236 e. The van der Waals surface area contributed by atoms with Gasteiger partial charge >= 0.3 is 0 Å². The zero-order valence-electron chi connectivity index (χ0n) is 11.0. The summed E-state index contributed by atoms with van der Waals surface area (Å²) < 4.78 is 5.51. The molecule has 0 fully saturated rings. The van der Waals surface area contributed by atoms with Crippen molar-refractivity contribution in [3.63, 3.8) is 0 Å². The molecule has 0 bridgehead atoms. The quantitative estimate of drug-likeness (QED) is 0.798. The molecule has 0 aliphatic rings. The third-order valence-corrected chi connectivity index (χ3v) is 2.63. The highest BCUT2D eigenvalue weighted by atomic mass is 16.3. The number of amides is 1. The van der Waals surface area contributed by atoms with Crippen molar-refractivity contribution in [2.75, 3.05) is 6.54 Å². The maximum atomic E-state index is 11.7. The van der Waals surface area contributed by atoms with Gasteiger partial charge in [-0.25, -0.2) is 0 Å². The molecule has 2 unspecified atom stereocenters. The lowest BCUT2D eigenvalue weighted by atomic mass is 10.2. The number of furan rings is 1. The van der Waals surface area contributed by atoms with Crippen molar-refractivity contribution in [1.29, 1.82) is 0 Å². The molecule has 1 aromatic heterocycles. The van der Waals surface area contributed by atoms with Gasteiger partial charge in [0, 0.05) is 6.54 Å². The Labute approximate surface area is 103 Å². The van der Waals surface area contributed by atoms with E-state index in [4.69, 9.17) is 4.42 Å². The first kappa shape index (κ1) is 13.8. The van der Waals surface area contributed by atoms with Crippen LogP contribution in [0.5, 0.6) is 0 Å². The van der Waals surface area contributed by atoms with Gasteiger partial charge in [-0.15, -0.1) is 0 Å². The summed E-state index contributed by atoms with van der Waals surface area (Å²) in [7, 11) is 0. The molecule has 17 heavy (non-hydrogen) atoms. The molecule has 4 heteroatoms. The van der Waals surface area contributed by atoms with E-state index in [1.807, 2.05) is 39.8 Å². The number of carbonyl (C=O) groups is 1. The predicted octanol–water partition coefficient (Wildman–Crippen LogP) is 2.15. The van der Waals surface area contributed by atoms with Gasteiger partial charge < -0.3 is 9.73 Å². The molecule has 0 spiro atoms. The van der Waals surface area contributed by atoms with E-state index in [-0.39, 0.29) is 18.0 Å². The first-order valence-corrected chi connectivity index (χ1v) is 6.14. The lowest BCUT2D eigenvalue weighted by Crippen LogP contribution is -2.43. The fourth-order valence-electron chi connectivity index (χ4n) is 1.62. The monoisotopic (exact) mass is 238 g/mol. The van der Waals surface area contributed by atoms with Gasteiger partial charge in [0.2, 0.25) is 5.91 Å². The summed E-state index contributed by atoms with van der Waals surface area (Å²) in [5.74, 6) is 1.77. The van der Waals surface area contributed by atoms with E-state index in [1.54, 1.807) is 0 Å². The van der Waals surface area contributed by atoms with Crippen molar-refractivity contribution in [2.45, 2.75) is 46.2 Å². The molecule has 2 atom stereocenters. The molecule has 1 amide bonds. The first-order valence-electron chi connectivity index (χ1n) is 6.14. The number of aryl methyl sites for hydroxylation is 1. The van der Waals surface area contributed by atoms with Crippen molar-refractivity contribution in [1.82, 2.24) is 10.6 Å². The summed E-state index contributed by atoms with van der Waals surface area (Å²) in [5.41, 5.74) is 0. The van der Waals surface area contributed by atoms with Crippen LogP contribution in [0.1, 0.15) is 44.8 Å². The third-order valence-electron chi connectivity index (χ3n) is 2.63. The Balaban J connectivity index is 2.45. The molecule has 0 saturated carbocycles. The Hall–Kier alpha value is -1.29. The average Bonchev–Trinajstić information content (AvgIpc) is 2.72. The highest BCUT2D eigenvalue weighted by Gasteiger charge is 2.17. The summed E-state index contributed by atoms with van der Waals surface area (Å²) in [4.78, 5) is 11.7. The van der Waals surface area contributed by atoms with Crippen LogP contribution in [0.4, 0.5) is 0 Å². The predicted molar refractivity (Wildman–Crippen MR) is 67.8 cm³/mol. The molecule has 0 radical (unpaired) electrons. The van der Waals surface area contributed by atoms with Crippen molar-refractivity contribution < 1.29 is 9.21 Å². The topological polar surface area (TPSA) is 54.3 Å². The second-order valence-electron chi connectivity index (χ2n) is 4.35. The SMILES string of the molecule is CCCNC(=O)C(C)NC(C)c1ccc(C)o1. The normalized spacial score (nSPS) is 14.4. The number of hydrogen-bond acceptors (Lipinski definition) is 3. The fraction of sp³-hybridized carbons (Fsp3) is 0.615. The van der Waals surface area contributed by atoms with E-state index in [0.717, 1.165) is 24.5 Å². The van der Waals surface area contributed by atoms with Gasteiger partial charge in [-0.1, -0.05) is 6.92 Å². The maximum absolute atomic E-state index is 11.7. The van der Waals surface area contributed by atoms with Gasteiger partial charge in [0.05, 0.1) is 12.1 Å². The maximum Gasteiger partial charge on any atom is 0.236 e. The summed E-state index contributed by atoms with van der Waals surface area (Å²) in [5, 5.41) is 6.07. The molecule has 0 saturated heterocycles. The van der Waals surface area contributed by atoms with Crippen LogP contribution in [0.2, 0.25) is 0 Å². The Kier molecular flexibility index (Phi) is 5.22. The molecule has 1 rings (SSSR count). The molecule has 2 N–H and O–H groups in total. The first-order chi connectivity index (χ1) is 8.04. The number of hydrogen-bond donors (Lipinski definition) is 2. The molecule has 1 aromatic rings. The van der Waals surface area contributed by atoms with Crippen LogP contribution in [0.15, 0.2) is 16.5 Å². The van der Waals surface area contributed by atoms with Gasteiger partial charge in [-0.05, 0) is 39.3 Å². The molecule has 0 aromatic carbocycles. The van der Waals surface area contributed by atoms with Crippen LogP contribution in [0, 0.1) is 6.92 Å². The fourth-order valence-corrected chi connectivity index (χ4v) is 1.62. The average molecular weight is 238 g/mol. The molecule has 4 nitrogen and oxygen atoms in total. The van der Waals surface area contributed by atoms with Crippen LogP contribution in [0.3, 0.4) is 0 Å². The van der Waals surface area contributed by atoms with E-state index in [0.29, 0.717) is 0 Å². The van der Waals surface area contributed by atoms with Crippen LogP contribution < -0.4 is 10.6 Å². The zero-order valence-corrected chi connectivity index (χ0v) is 11.0. The van der Waals surface area contributed by atoms with Crippen molar-refractivity contribution >= 4 is 5.91 Å². The molecule has 1 heterocycles. The summed E-state index contributed by atoms with van der Waals surface area (Å²) in [6.45, 7) is 8.51. The minimum absolute atomic E-state index is 0.0296. The van der Waals surface area contributed by atoms with E-state index >= 15 is 0 Å². The molecular formula is C13H22N2O2. The number of carbonyl (C=O) groups excluding carboxylic acids is 1. The molecule has 0 aliphatic carbocycles. The standard InChI is InChI=1S/C13H22N2O2/c1-5-8-14-13(16)11(4)15-10(3)12-7-6-9(2)17-12/h6-7,10-11,15H,5,8H2,1-4H3,(H,14,16). The molecule has 96 valence electrons. The Morgan fingerprint density at radius 3 is 2.65 bits per heavy atom. The number of rotatable bonds is 6. The van der Waals surface area contributed by atoms with E-state index in [1.165, 1.54) is 0 Å². The Bertz CT molecular complexity index is 360. The number of nitrogens with one attached hydrogen (secondary N) is 2. The minimum Gasteiger partial charge on any atom is -0.465 e. The van der Waals surface area contributed by atoms with Gasteiger partial charge in [0.25, 0.3) is 0 Å². The van der Waals surface area contributed by atoms with Gasteiger partial charge in [0.15, 0.2) is 0 Å². The highest BCUT2D eigenvalue weighted by Crippen LogP contribution is 2.15. The van der Waals surface area contributed by atoms with Gasteiger partial charge in [-0.3, -0.25) is 10.1 Å². The summed E-state index contributed by atoms with van der Waals surface area (Å²) in [6.07, 6.45) is 0.950. The van der Waals surface area contributed by atoms with Crippen LogP contribution in [-0.2, 0) is 4.79 Å². The van der Waals surface area contributed by atoms with Crippen molar-refractivity contribution in [2.24, 2.45) is 0 Å². The van der Waals surface area contributed by atoms with E-state index in [2.05, 4.69) is 10.6 Å². The lowest BCUT2D eigenvalue weighted by molar-refractivity contribution is -0.122. The highest BCUT2D eigenvalue weighted by molar-refractivity contribution is 5.81. The Morgan fingerprint density at radius 1 is 1.41 bits per heavy atom. The van der Waals surface area contributed by atoms with Crippen LogP contribution >= 0.6 is 0 Å². The zero-order chi connectivity index (χ0) is 12.8. The lowest BCUT2D eigenvalue weighted by Gasteiger charge is -2.18.